The van der Waals surface area contributed by atoms with Crippen molar-refractivity contribution in [1.29, 1.82) is 0 Å². The summed E-state index contributed by atoms with van der Waals surface area (Å²) < 4.78 is 1.46. The van der Waals surface area contributed by atoms with Gasteiger partial charge in [0.25, 0.3) is 0 Å². The first-order chi connectivity index (χ1) is 10.0. The largest absolute Gasteiger partial charge is 0.324 e. The predicted octanol–water partition coefficient (Wildman–Crippen LogP) is 1.42. The Bertz CT molecular complexity index is 722. The minimum absolute atomic E-state index is 0.0491. The number of nitrogens with zero attached hydrogens (tertiary/aromatic N) is 3. The molecule has 7 nitrogen and oxygen atoms in total. The first-order valence-corrected chi connectivity index (χ1v) is 6.63. The molecule has 21 heavy (non-hydrogen) atoms. The molecule has 0 spiro atoms. The van der Waals surface area contributed by atoms with Gasteiger partial charge in [-0.25, -0.2) is 4.68 Å². The molecule has 1 aromatic heterocycles. The van der Waals surface area contributed by atoms with Gasteiger partial charge in [0, 0.05) is 5.69 Å². The number of nitrogens with one attached hydrogen (secondary N) is 2. The lowest BCUT2D eigenvalue weighted by molar-refractivity contribution is -0.125. The number of carbonyl (C=O) groups is 2. The fraction of sp³-hybridized carbons (Fsp3) is 0.286. The van der Waals surface area contributed by atoms with Gasteiger partial charge in [0.1, 0.15) is 11.9 Å². The number of rotatable bonds is 2. The van der Waals surface area contributed by atoms with Crippen molar-refractivity contribution in [2.24, 2.45) is 0 Å². The van der Waals surface area contributed by atoms with Crippen molar-refractivity contribution in [2.45, 2.75) is 26.3 Å². The average Bonchev–Trinajstić information content (AvgIpc) is 2.77. The highest BCUT2D eigenvalue weighted by atomic mass is 16.2. The lowest BCUT2D eigenvalue weighted by Gasteiger charge is -2.22. The van der Waals surface area contributed by atoms with E-state index in [4.69, 9.17) is 0 Å². The van der Waals surface area contributed by atoms with Crippen molar-refractivity contribution in [3.05, 3.63) is 35.7 Å². The van der Waals surface area contributed by atoms with Crippen LogP contribution >= 0.6 is 0 Å². The van der Waals surface area contributed by atoms with E-state index in [1.165, 1.54) is 4.68 Å². The number of amides is 2. The van der Waals surface area contributed by atoms with Gasteiger partial charge in [0.2, 0.25) is 17.8 Å². The summed E-state index contributed by atoms with van der Waals surface area (Å²) in [7, 11) is 0. The lowest BCUT2D eigenvalue weighted by atomic mass is 10.1. The van der Waals surface area contributed by atoms with Crippen molar-refractivity contribution in [1.82, 2.24) is 14.8 Å². The van der Waals surface area contributed by atoms with Crippen LogP contribution in [0, 0.1) is 13.8 Å². The van der Waals surface area contributed by atoms with Gasteiger partial charge in [-0.15, -0.1) is 0 Å². The molecule has 1 aliphatic heterocycles. The average molecular weight is 285 g/mol. The van der Waals surface area contributed by atoms with Crippen molar-refractivity contribution < 1.29 is 9.59 Å². The summed E-state index contributed by atoms with van der Waals surface area (Å²) in [5, 5.41) is 9.60. The zero-order valence-corrected chi connectivity index (χ0v) is 11.8. The maximum atomic E-state index is 12.4. The van der Waals surface area contributed by atoms with E-state index in [1.54, 1.807) is 13.0 Å². The van der Waals surface area contributed by atoms with Crippen LogP contribution in [0.5, 0.6) is 0 Å². The summed E-state index contributed by atoms with van der Waals surface area (Å²) in [6.07, 6.45) is 0.0491. The molecular weight excluding hydrogens is 270 g/mol. The van der Waals surface area contributed by atoms with Gasteiger partial charge in [-0.2, -0.15) is 10.1 Å². The number of aryl methyl sites for hydroxylation is 2. The van der Waals surface area contributed by atoms with Gasteiger partial charge in [-0.05, 0) is 31.5 Å². The molecule has 0 aliphatic carbocycles. The highest BCUT2D eigenvalue weighted by molar-refractivity contribution is 6.00. The molecular formula is C14H15N5O2. The van der Waals surface area contributed by atoms with Crippen molar-refractivity contribution in [2.75, 3.05) is 10.6 Å². The Morgan fingerprint density at radius 1 is 1.43 bits per heavy atom. The molecule has 2 N–H and O–H groups in total. The number of hydrogen-bond acceptors (Lipinski definition) is 4. The maximum absolute atomic E-state index is 12.4. The second-order valence-electron chi connectivity index (χ2n) is 5.05. The Hall–Kier alpha value is -2.70. The van der Waals surface area contributed by atoms with Crippen LogP contribution in [-0.4, -0.2) is 26.6 Å². The Morgan fingerprint density at radius 3 is 3.00 bits per heavy atom. The number of benzene rings is 1. The molecule has 2 aromatic rings. The molecule has 108 valence electrons. The lowest BCUT2D eigenvalue weighted by Crippen LogP contribution is -2.36. The SMILES string of the molecule is Cc1cccc(NC(=O)[C@@H]2CC(=O)Nc3nc(C)nn32)c1. The molecule has 1 aromatic carbocycles. The summed E-state index contributed by atoms with van der Waals surface area (Å²) in [5.41, 5.74) is 1.75. The Labute approximate surface area is 121 Å². The van der Waals surface area contributed by atoms with E-state index in [2.05, 4.69) is 20.7 Å². The van der Waals surface area contributed by atoms with Crippen LogP contribution < -0.4 is 10.6 Å². The molecule has 2 heterocycles. The van der Waals surface area contributed by atoms with Crippen LogP contribution in [0.1, 0.15) is 23.9 Å². The zero-order valence-electron chi connectivity index (χ0n) is 11.8. The van der Waals surface area contributed by atoms with Crippen molar-refractivity contribution in [3.8, 4) is 0 Å². The molecule has 1 aliphatic rings. The van der Waals surface area contributed by atoms with Gasteiger partial charge >= 0.3 is 0 Å². The van der Waals surface area contributed by atoms with Crippen LogP contribution in [0.4, 0.5) is 11.6 Å². The topological polar surface area (TPSA) is 88.9 Å². The summed E-state index contributed by atoms with van der Waals surface area (Å²) in [6, 6.07) is 6.80. The smallest absolute Gasteiger partial charge is 0.249 e. The molecule has 3 rings (SSSR count). The minimum atomic E-state index is -0.685. The normalized spacial score (nSPS) is 17.0. The molecule has 0 saturated carbocycles. The molecule has 7 heteroatoms. The molecule has 0 radical (unpaired) electrons. The van der Waals surface area contributed by atoms with Gasteiger partial charge in [0.05, 0.1) is 6.42 Å². The number of anilines is 2. The van der Waals surface area contributed by atoms with Crippen LogP contribution in [0.25, 0.3) is 0 Å². The number of fused-ring (bicyclic) bond motifs is 1. The van der Waals surface area contributed by atoms with Gasteiger partial charge in [-0.3, -0.25) is 14.9 Å². The number of carbonyl (C=O) groups excluding carboxylic acids is 2. The molecule has 0 saturated heterocycles. The first-order valence-electron chi connectivity index (χ1n) is 6.63. The van der Waals surface area contributed by atoms with Crippen LogP contribution in [0.15, 0.2) is 24.3 Å². The van der Waals surface area contributed by atoms with E-state index in [0.29, 0.717) is 17.5 Å². The third-order valence-electron chi connectivity index (χ3n) is 3.25. The number of aromatic nitrogens is 3. The van der Waals surface area contributed by atoms with Gasteiger partial charge in [-0.1, -0.05) is 12.1 Å². The second-order valence-corrected chi connectivity index (χ2v) is 5.05. The van der Waals surface area contributed by atoms with Gasteiger partial charge < -0.3 is 5.32 Å². The monoisotopic (exact) mass is 285 g/mol. The zero-order chi connectivity index (χ0) is 15.0. The molecule has 0 unspecified atom stereocenters. The van der Waals surface area contributed by atoms with E-state index >= 15 is 0 Å². The Balaban J connectivity index is 1.86. The molecule has 0 fully saturated rings. The summed E-state index contributed by atoms with van der Waals surface area (Å²) in [5.74, 6) is 0.314. The predicted molar refractivity (Wildman–Crippen MR) is 76.9 cm³/mol. The van der Waals surface area contributed by atoms with E-state index in [-0.39, 0.29) is 18.2 Å². The van der Waals surface area contributed by atoms with Gasteiger partial charge in [0.15, 0.2) is 0 Å². The highest BCUT2D eigenvalue weighted by Gasteiger charge is 2.32. The third-order valence-corrected chi connectivity index (χ3v) is 3.25. The van der Waals surface area contributed by atoms with E-state index < -0.39 is 6.04 Å². The number of hydrogen-bond donors (Lipinski definition) is 2. The minimum Gasteiger partial charge on any atom is -0.324 e. The van der Waals surface area contributed by atoms with Crippen LogP contribution in [-0.2, 0) is 9.59 Å². The fourth-order valence-electron chi connectivity index (χ4n) is 2.32. The summed E-state index contributed by atoms with van der Waals surface area (Å²) >= 11 is 0. The molecule has 1 atom stereocenters. The summed E-state index contributed by atoms with van der Waals surface area (Å²) in [4.78, 5) is 28.2. The summed E-state index contributed by atoms with van der Waals surface area (Å²) in [6.45, 7) is 3.66. The van der Waals surface area contributed by atoms with Crippen LogP contribution in [0.3, 0.4) is 0 Å². The van der Waals surface area contributed by atoms with Crippen LogP contribution in [0.2, 0.25) is 0 Å². The molecule has 2 amide bonds. The quantitative estimate of drug-likeness (QED) is 0.873. The molecule has 0 bridgehead atoms. The van der Waals surface area contributed by atoms with E-state index in [0.717, 1.165) is 5.56 Å². The fourth-order valence-corrected chi connectivity index (χ4v) is 2.32. The van der Waals surface area contributed by atoms with E-state index in [1.807, 2.05) is 25.1 Å². The van der Waals surface area contributed by atoms with Crippen molar-refractivity contribution in [3.63, 3.8) is 0 Å². The standard InChI is InChI=1S/C14H15N5O2/c1-8-4-3-5-10(6-8)16-13(21)11-7-12(20)17-14-15-9(2)18-19(11)14/h3-6,11H,7H2,1-2H3,(H,16,21)(H,15,17,18,20)/t11-/m0/s1. The first kappa shape index (κ1) is 13.3. The van der Waals surface area contributed by atoms with Crippen molar-refractivity contribution >= 4 is 23.5 Å². The third kappa shape index (κ3) is 2.62. The Morgan fingerprint density at radius 2 is 2.24 bits per heavy atom. The van der Waals surface area contributed by atoms with E-state index in [9.17, 15) is 9.59 Å². The maximum Gasteiger partial charge on any atom is 0.249 e. The highest BCUT2D eigenvalue weighted by Crippen LogP contribution is 2.24. The Kier molecular flexibility index (Phi) is 3.17. The second kappa shape index (κ2) is 5.01.